The highest BCUT2D eigenvalue weighted by molar-refractivity contribution is 6.06. The molecule has 0 radical (unpaired) electrons. The third-order valence-corrected chi connectivity index (χ3v) is 4.61. The van der Waals surface area contributed by atoms with Gasteiger partial charge in [0.25, 0.3) is 0 Å². The van der Waals surface area contributed by atoms with Crippen molar-refractivity contribution >= 4 is 11.7 Å². The first kappa shape index (κ1) is 14.2. The minimum atomic E-state index is -0.739. The molecule has 0 unspecified atom stereocenters. The van der Waals surface area contributed by atoms with Gasteiger partial charge in [0.15, 0.2) is 5.84 Å². The summed E-state index contributed by atoms with van der Waals surface area (Å²) in [5.74, 6) is 0.200. The number of amidine groups is 1. The quantitative estimate of drug-likeness (QED) is 0.348. The third-order valence-electron chi connectivity index (χ3n) is 4.61. The number of hydrogen-bond donors (Lipinski definition) is 2. The summed E-state index contributed by atoms with van der Waals surface area (Å²) in [6.45, 7) is 1.64. The van der Waals surface area contributed by atoms with Crippen molar-refractivity contribution in [1.82, 2.24) is 4.90 Å². The molecule has 0 aromatic heterocycles. The molecule has 0 bridgehead atoms. The summed E-state index contributed by atoms with van der Waals surface area (Å²) < 4.78 is 0. The van der Waals surface area contributed by atoms with Gasteiger partial charge in [-0.05, 0) is 25.7 Å². The zero-order chi connectivity index (χ0) is 13.7. The maximum atomic E-state index is 12.9. The Morgan fingerprint density at radius 1 is 1.00 bits per heavy atom. The molecule has 0 aromatic rings. The van der Waals surface area contributed by atoms with Crippen molar-refractivity contribution in [2.24, 2.45) is 16.3 Å². The fourth-order valence-electron chi connectivity index (χ4n) is 3.41. The van der Waals surface area contributed by atoms with Crippen molar-refractivity contribution in [2.75, 3.05) is 13.1 Å². The van der Waals surface area contributed by atoms with E-state index in [1.54, 1.807) is 0 Å². The first-order valence-electron chi connectivity index (χ1n) is 7.48. The van der Waals surface area contributed by atoms with Gasteiger partial charge in [0.2, 0.25) is 5.91 Å². The smallest absolute Gasteiger partial charge is 0.236 e. The minimum Gasteiger partial charge on any atom is -0.409 e. The number of oxime groups is 1. The number of carbonyl (C=O) groups excluding carboxylic acids is 1. The van der Waals surface area contributed by atoms with Gasteiger partial charge in [-0.25, -0.2) is 0 Å². The number of amides is 1. The molecule has 1 heterocycles. The van der Waals surface area contributed by atoms with Crippen LogP contribution in [0.25, 0.3) is 0 Å². The van der Waals surface area contributed by atoms with Crippen molar-refractivity contribution in [3.63, 3.8) is 0 Å². The van der Waals surface area contributed by atoms with E-state index in [0.717, 1.165) is 58.0 Å². The second-order valence-corrected chi connectivity index (χ2v) is 5.83. The van der Waals surface area contributed by atoms with E-state index in [0.29, 0.717) is 0 Å². The maximum Gasteiger partial charge on any atom is 0.236 e. The van der Waals surface area contributed by atoms with E-state index in [4.69, 9.17) is 10.9 Å². The lowest BCUT2D eigenvalue weighted by atomic mass is 9.72. The van der Waals surface area contributed by atoms with E-state index < -0.39 is 5.41 Å². The van der Waals surface area contributed by atoms with E-state index in [1.165, 1.54) is 12.8 Å². The molecule has 1 saturated carbocycles. The Morgan fingerprint density at radius 3 is 2.05 bits per heavy atom. The second-order valence-electron chi connectivity index (χ2n) is 5.83. The van der Waals surface area contributed by atoms with Gasteiger partial charge in [-0.1, -0.05) is 37.3 Å². The van der Waals surface area contributed by atoms with E-state index in [9.17, 15) is 4.79 Å². The summed E-state index contributed by atoms with van der Waals surface area (Å²) >= 11 is 0. The lowest BCUT2D eigenvalue weighted by Crippen LogP contribution is -2.52. The van der Waals surface area contributed by atoms with Gasteiger partial charge in [0.05, 0.1) is 0 Å². The molecular weight excluding hydrogens is 242 g/mol. The molecule has 2 rings (SSSR count). The maximum absolute atomic E-state index is 12.9. The fraction of sp³-hybridized carbons (Fsp3) is 0.857. The predicted molar refractivity (Wildman–Crippen MR) is 74.0 cm³/mol. The van der Waals surface area contributed by atoms with Crippen molar-refractivity contribution in [3.05, 3.63) is 0 Å². The van der Waals surface area contributed by atoms with Crippen molar-refractivity contribution < 1.29 is 10.0 Å². The van der Waals surface area contributed by atoms with Gasteiger partial charge in [-0.2, -0.15) is 0 Å². The largest absolute Gasteiger partial charge is 0.409 e. The van der Waals surface area contributed by atoms with Crippen LogP contribution in [0, 0.1) is 5.41 Å². The highest BCUT2D eigenvalue weighted by Crippen LogP contribution is 2.38. The summed E-state index contributed by atoms with van der Waals surface area (Å²) in [4.78, 5) is 14.8. The molecule has 1 aliphatic heterocycles. The second kappa shape index (κ2) is 6.26. The Bertz CT molecular complexity index is 341. The van der Waals surface area contributed by atoms with Crippen LogP contribution in [0.15, 0.2) is 5.16 Å². The number of carbonyl (C=O) groups is 1. The fourth-order valence-corrected chi connectivity index (χ4v) is 3.41. The highest BCUT2D eigenvalue weighted by atomic mass is 16.4. The Hall–Kier alpha value is -1.26. The molecule has 1 saturated heterocycles. The Labute approximate surface area is 114 Å². The van der Waals surface area contributed by atoms with Gasteiger partial charge in [-0.3, -0.25) is 4.79 Å². The zero-order valence-electron chi connectivity index (χ0n) is 11.6. The van der Waals surface area contributed by atoms with Crippen molar-refractivity contribution in [2.45, 2.75) is 57.8 Å². The minimum absolute atomic E-state index is 0.0874. The monoisotopic (exact) mass is 267 g/mol. The van der Waals surface area contributed by atoms with Crippen LogP contribution in [-0.4, -0.2) is 34.9 Å². The van der Waals surface area contributed by atoms with Crippen molar-refractivity contribution in [3.8, 4) is 0 Å². The standard InChI is InChI=1S/C14H25N3O2/c15-12(16-19)14(8-4-3-5-9-14)13(18)17-10-6-1-2-7-11-17/h19H,1-11H2,(H2,15,16). The summed E-state index contributed by atoms with van der Waals surface area (Å²) in [5.41, 5.74) is 5.14. The van der Waals surface area contributed by atoms with E-state index in [2.05, 4.69) is 5.16 Å². The van der Waals surface area contributed by atoms with Crippen LogP contribution in [-0.2, 0) is 4.79 Å². The molecule has 2 aliphatic rings. The first-order chi connectivity index (χ1) is 9.20. The molecule has 1 aliphatic carbocycles. The topological polar surface area (TPSA) is 78.9 Å². The summed E-state index contributed by atoms with van der Waals surface area (Å²) in [5, 5.41) is 12.2. The van der Waals surface area contributed by atoms with Crippen molar-refractivity contribution in [1.29, 1.82) is 0 Å². The number of nitrogens with zero attached hydrogens (tertiary/aromatic N) is 2. The summed E-state index contributed by atoms with van der Waals surface area (Å²) in [6.07, 6.45) is 9.06. The lowest BCUT2D eigenvalue weighted by Gasteiger charge is -2.38. The number of nitrogens with two attached hydrogens (primary N) is 1. The summed E-state index contributed by atoms with van der Waals surface area (Å²) in [6, 6.07) is 0. The molecule has 3 N–H and O–H groups in total. The Balaban J connectivity index is 2.19. The number of hydrogen-bond acceptors (Lipinski definition) is 3. The van der Waals surface area contributed by atoms with Crippen LogP contribution in [0.4, 0.5) is 0 Å². The van der Waals surface area contributed by atoms with E-state index in [1.807, 2.05) is 4.90 Å². The van der Waals surface area contributed by atoms with Gasteiger partial charge < -0.3 is 15.8 Å². The van der Waals surface area contributed by atoms with Gasteiger partial charge >= 0.3 is 0 Å². The van der Waals surface area contributed by atoms with Crippen LogP contribution in [0.3, 0.4) is 0 Å². The predicted octanol–water partition coefficient (Wildman–Crippen LogP) is 2.09. The molecule has 19 heavy (non-hydrogen) atoms. The lowest BCUT2D eigenvalue weighted by molar-refractivity contribution is -0.139. The molecule has 0 aromatic carbocycles. The third kappa shape index (κ3) is 2.85. The van der Waals surface area contributed by atoms with Gasteiger partial charge in [0.1, 0.15) is 5.41 Å². The molecule has 1 amide bonds. The summed E-state index contributed by atoms with van der Waals surface area (Å²) in [7, 11) is 0. The van der Waals surface area contributed by atoms with E-state index >= 15 is 0 Å². The van der Waals surface area contributed by atoms with E-state index in [-0.39, 0.29) is 11.7 Å². The molecule has 0 spiro atoms. The molecular formula is C14H25N3O2. The van der Waals surface area contributed by atoms with Crippen LogP contribution in [0.5, 0.6) is 0 Å². The van der Waals surface area contributed by atoms with Crippen LogP contribution in [0.1, 0.15) is 57.8 Å². The van der Waals surface area contributed by atoms with Gasteiger partial charge in [0, 0.05) is 13.1 Å². The average molecular weight is 267 g/mol. The Morgan fingerprint density at radius 2 is 1.53 bits per heavy atom. The number of likely N-dealkylation sites (tertiary alicyclic amines) is 1. The molecule has 5 heteroatoms. The first-order valence-corrected chi connectivity index (χ1v) is 7.48. The average Bonchev–Trinajstić information content (AvgIpc) is 2.75. The SMILES string of the molecule is NC(=NO)C1(C(=O)N2CCCCCC2)CCCCC1. The zero-order valence-corrected chi connectivity index (χ0v) is 11.6. The normalized spacial score (nSPS) is 24.8. The number of rotatable bonds is 2. The Kier molecular flexibility index (Phi) is 4.66. The molecule has 5 nitrogen and oxygen atoms in total. The molecule has 108 valence electrons. The van der Waals surface area contributed by atoms with Crippen LogP contribution >= 0.6 is 0 Å². The van der Waals surface area contributed by atoms with Gasteiger partial charge in [-0.15, -0.1) is 0 Å². The molecule has 2 fully saturated rings. The highest BCUT2D eigenvalue weighted by Gasteiger charge is 2.45. The van der Waals surface area contributed by atoms with Crippen LogP contribution in [0.2, 0.25) is 0 Å². The molecule has 0 atom stereocenters. The van der Waals surface area contributed by atoms with Crippen LogP contribution < -0.4 is 5.73 Å².